The number of hydrogen-bond donors (Lipinski definition) is 1. The van der Waals surface area contributed by atoms with E-state index in [0.717, 1.165) is 0 Å². The second kappa shape index (κ2) is 7.04. The number of nitrogens with zero attached hydrogens (tertiary/aromatic N) is 2. The van der Waals surface area contributed by atoms with E-state index in [1.165, 1.54) is 29.2 Å². The third kappa shape index (κ3) is 3.82. The lowest BCUT2D eigenvalue weighted by atomic mass is 10.1. The summed E-state index contributed by atoms with van der Waals surface area (Å²) in [6.45, 7) is 2.09. The first kappa shape index (κ1) is 16.0. The monoisotopic (exact) mass is 306 g/mol. The van der Waals surface area contributed by atoms with E-state index in [1.807, 2.05) is 0 Å². The Hall–Kier alpha value is -2.41. The largest absolute Gasteiger partial charge is 0.478 e. The molecule has 1 saturated heterocycles. The van der Waals surface area contributed by atoms with Crippen molar-refractivity contribution in [3.63, 3.8) is 0 Å². The molecule has 1 aliphatic rings. The molecule has 0 bridgehead atoms. The van der Waals surface area contributed by atoms with Crippen LogP contribution in [0.3, 0.4) is 0 Å². The van der Waals surface area contributed by atoms with Crippen molar-refractivity contribution >= 4 is 17.8 Å². The maximum atomic E-state index is 12.2. The van der Waals surface area contributed by atoms with Crippen LogP contribution in [-0.4, -0.2) is 72.6 Å². The Morgan fingerprint density at radius 2 is 1.68 bits per heavy atom. The summed E-state index contributed by atoms with van der Waals surface area (Å²) in [5.41, 5.74) is 0.464. The van der Waals surface area contributed by atoms with Crippen LogP contribution in [0.2, 0.25) is 0 Å². The summed E-state index contributed by atoms with van der Waals surface area (Å²) in [5, 5.41) is 8.83. The average molecular weight is 306 g/mol. The number of carboxylic acids is 1. The van der Waals surface area contributed by atoms with Crippen molar-refractivity contribution in [2.75, 3.05) is 39.9 Å². The van der Waals surface area contributed by atoms with Crippen LogP contribution in [0.4, 0.5) is 0 Å². The molecule has 0 aliphatic carbocycles. The van der Waals surface area contributed by atoms with Gasteiger partial charge in [-0.2, -0.15) is 0 Å². The van der Waals surface area contributed by atoms with Gasteiger partial charge in [0.2, 0.25) is 5.91 Å². The highest BCUT2D eigenvalue weighted by Gasteiger charge is 2.21. The summed E-state index contributed by atoms with van der Waals surface area (Å²) in [7, 11) is 1.55. The van der Waals surface area contributed by atoms with Crippen LogP contribution in [0, 0.1) is 0 Å². The van der Waals surface area contributed by atoms with E-state index < -0.39 is 5.97 Å². The van der Waals surface area contributed by atoms with Gasteiger partial charge in [-0.15, -0.1) is 0 Å². The first-order valence-corrected chi connectivity index (χ1v) is 6.93. The molecule has 0 unspecified atom stereocenters. The summed E-state index contributed by atoms with van der Waals surface area (Å²) in [6.07, 6.45) is 0. The number of likely N-dealkylation sites (N-methyl/N-ethyl adjacent to an activating group) is 1. The highest BCUT2D eigenvalue weighted by atomic mass is 16.5. The molecule has 7 heteroatoms. The number of morpholine rings is 1. The predicted octanol–water partition coefficient (Wildman–Crippen LogP) is 0.316. The van der Waals surface area contributed by atoms with Crippen molar-refractivity contribution in [3.8, 4) is 0 Å². The zero-order valence-electron chi connectivity index (χ0n) is 12.3. The Morgan fingerprint density at radius 1 is 1.14 bits per heavy atom. The first-order valence-electron chi connectivity index (χ1n) is 6.93. The molecule has 1 fully saturated rings. The molecule has 1 heterocycles. The highest BCUT2D eigenvalue weighted by Crippen LogP contribution is 2.08. The molecule has 0 atom stereocenters. The van der Waals surface area contributed by atoms with E-state index in [1.54, 1.807) is 11.9 Å². The number of hydrogen-bond acceptors (Lipinski definition) is 4. The summed E-state index contributed by atoms with van der Waals surface area (Å²) >= 11 is 0. The summed E-state index contributed by atoms with van der Waals surface area (Å²) in [4.78, 5) is 38.1. The number of ether oxygens (including phenoxy) is 1. The molecule has 1 aliphatic heterocycles. The van der Waals surface area contributed by atoms with Gasteiger partial charge in [-0.05, 0) is 24.3 Å². The summed E-state index contributed by atoms with van der Waals surface area (Å²) in [5.74, 6) is -1.49. The highest BCUT2D eigenvalue weighted by molar-refractivity contribution is 5.97. The molecule has 1 aromatic carbocycles. The molecule has 7 nitrogen and oxygen atoms in total. The Bertz CT molecular complexity index is 564. The average Bonchev–Trinajstić information content (AvgIpc) is 2.55. The second-order valence-electron chi connectivity index (χ2n) is 5.04. The molecular formula is C15H18N2O5. The minimum Gasteiger partial charge on any atom is -0.478 e. The number of rotatable bonds is 4. The minimum absolute atomic E-state index is 0.0144. The fourth-order valence-corrected chi connectivity index (χ4v) is 2.16. The van der Waals surface area contributed by atoms with E-state index in [9.17, 15) is 14.4 Å². The van der Waals surface area contributed by atoms with Crippen LogP contribution in [-0.2, 0) is 9.53 Å². The van der Waals surface area contributed by atoms with Gasteiger partial charge in [0.05, 0.1) is 25.3 Å². The zero-order chi connectivity index (χ0) is 16.1. The third-order valence-corrected chi connectivity index (χ3v) is 3.46. The number of benzene rings is 1. The van der Waals surface area contributed by atoms with Crippen molar-refractivity contribution in [1.29, 1.82) is 0 Å². The van der Waals surface area contributed by atoms with E-state index in [4.69, 9.17) is 9.84 Å². The zero-order valence-corrected chi connectivity index (χ0v) is 12.3. The maximum absolute atomic E-state index is 12.2. The van der Waals surface area contributed by atoms with Gasteiger partial charge in [-0.25, -0.2) is 4.79 Å². The van der Waals surface area contributed by atoms with Crippen LogP contribution in [0.1, 0.15) is 20.7 Å². The van der Waals surface area contributed by atoms with Crippen molar-refractivity contribution in [3.05, 3.63) is 35.4 Å². The molecule has 0 aromatic heterocycles. The molecule has 0 radical (unpaired) electrons. The van der Waals surface area contributed by atoms with Gasteiger partial charge < -0.3 is 19.6 Å². The molecule has 1 aromatic rings. The molecule has 0 spiro atoms. The smallest absolute Gasteiger partial charge is 0.335 e. The van der Waals surface area contributed by atoms with Crippen LogP contribution < -0.4 is 0 Å². The molecule has 0 saturated carbocycles. The fraction of sp³-hybridized carbons (Fsp3) is 0.400. The molecule has 2 amide bonds. The Kier molecular flexibility index (Phi) is 5.11. The van der Waals surface area contributed by atoms with E-state index >= 15 is 0 Å². The van der Waals surface area contributed by atoms with Gasteiger partial charge >= 0.3 is 5.97 Å². The summed E-state index contributed by atoms with van der Waals surface area (Å²) < 4.78 is 5.18. The Balaban J connectivity index is 1.96. The van der Waals surface area contributed by atoms with Gasteiger partial charge in [0.25, 0.3) is 5.91 Å². The van der Waals surface area contributed by atoms with Gasteiger partial charge in [-0.3, -0.25) is 9.59 Å². The van der Waals surface area contributed by atoms with Crippen LogP contribution in [0.5, 0.6) is 0 Å². The van der Waals surface area contributed by atoms with Crippen LogP contribution >= 0.6 is 0 Å². The molecule has 1 N–H and O–H groups in total. The maximum Gasteiger partial charge on any atom is 0.335 e. The molecule has 22 heavy (non-hydrogen) atoms. The molecule has 118 valence electrons. The minimum atomic E-state index is -1.05. The lowest BCUT2D eigenvalue weighted by Crippen LogP contribution is -2.46. The number of carbonyl (C=O) groups excluding carboxylic acids is 2. The van der Waals surface area contributed by atoms with Crippen molar-refractivity contribution < 1.29 is 24.2 Å². The van der Waals surface area contributed by atoms with E-state index in [2.05, 4.69) is 0 Å². The number of aromatic carboxylic acids is 1. The Labute approximate surface area is 128 Å². The van der Waals surface area contributed by atoms with Gasteiger partial charge in [-0.1, -0.05) is 0 Å². The van der Waals surface area contributed by atoms with Gasteiger partial charge in [0.1, 0.15) is 0 Å². The molecular weight excluding hydrogens is 288 g/mol. The molecule has 2 rings (SSSR count). The van der Waals surface area contributed by atoms with Crippen molar-refractivity contribution in [2.24, 2.45) is 0 Å². The lowest BCUT2D eigenvalue weighted by Gasteiger charge is -2.28. The van der Waals surface area contributed by atoms with Crippen molar-refractivity contribution in [2.45, 2.75) is 0 Å². The standard InChI is InChI=1S/C15H18N2O5/c1-16(10-13(18)17-6-8-22-9-7-17)14(19)11-2-4-12(5-3-11)15(20)21/h2-5H,6-10H2,1H3,(H,20,21). The fourth-order valence-electron chi connectivity index (χ4n) is 2.16. The van der Waals surface area contributed by atoms with Gasteiger partial charge in [0, 0.05) is 25.7 Å². The number of carboxylic acid groups (broad SMARTS) is 1. The lowest BCUT2D eigenvalue weighted by molar-refractivity contribution is -0.135. The summed E-state index contributed by atoms with van der Waals surface area (Å²) in [6, 6.07) is 5.63. The van der Waals surface area contributed by atoms with E-state index in [0.29, 0.717) is 31.9 Å². The number of carbonyl (C=O) groups is 3. The third-order valence-electron chi connectivity index (χ3n) is 3.46. The quantitative estimate of drug-likeness (QED) is 0.865. The Morgan fingerprint density at radius 3 is 2.23 bits per heavy atom. The van der Waals surface area contributed by atoms with E-state index in [-0.39, 0.29) is 23.9 Å². The van der Waals surface area contributed by atoms with Gasteiger partial charge in [0.15, 0.2) is 0 Å². The normalized spacial score (nSPS) is 14.5. The topological polar surface area (TPSA) is 87.2 Å². The SMILES string of the molecule is CN(CC(=O)N1CCOCC1)C(=O)c1ccc(C(=O)O)cc1. The van der Waals surface area contributed by atoms with Crippen LogP contribution in [0.25, 0.3) is 0 Å². The van der Waals surface area contributed by atoms with Crippen molar-refractivity contribution in [1.82, 2.24) is 9.80 Å². The predicted molar refractivity (Wildman–Crippen MR) is 77.8 cm³/mol. The first-order chi connectivity index (χ1) is 10.5. The van der Waals surface area contributed by atoms with Crippen LogP contribution in [0.15, 0.2) is 24.3 Å². The second-order valence-corrected chi connectivity index (χ2v) is 5.04. The number of amides is 2.